The number of hydrogen-bond donors (Lipinski definition) is 0. The lowest BCUT2D eigenvalue weighted by molar-refractivity contribution is 1.08. The van der Waals surface area contributed by atoms with E-state index in [0.29, 0.717) is 0 Å². The van der Waals surface area contributed by atoms with Crippen LogP contribution in [0.15, 0.2) is 18.3 Å². The zero-order valence-electron chi connectivity index (χ0n) is 7.33. The summed E-state index contributed by atoms with van der Waals surface area (Å²) in [5, 5.41) is 0. The molecule has 1 aromatic heterocycles. The molecule has 1 aliphatic carbocycles. The lowest BCUT2D eigenvalue weighted by Gasteiger charge is -2.22. The quantitative estimate of drug-likeness (QED) is 0.576. The van der Waals surface area contributed by atoms with Crippen LogP contribution < -0.4 is 4.90 Å². The van der Waals surface area contributed by atoms with Gasteiger partial charge in [-0.05, 0) is 11.8 Å². The zero-order valence-corrected chi connectivity index (χ0v) is 7.33. The molecule has 0 atom stereocenters. The molecule has 0 N–H and O–H groups in total. The summed E-state index contributed by atoms with van der Waals surface area (Å²) >= 11 is 0. The van der Waals surface area contributed by atoms with Gasteiger partial charge in [0.15, 0.2) is 0 Å². The van der Waals surface area contributed by atoms with Crippen molar-refractivity contribution in [1.29, 1.82) is 0 Å². The van der Waals surface area contributed by atoms with E-state index in [1.54, 1.807) is 0 Å². The van der Waals surface area contributed by atoms with Gasteiger partial charge in [-0.1, -0.05) is 6.42 Å². The molecule has 1 aromatic rings. The third-order valence-electron chi connectivity index (χ3n) is 2.06. The van der Waals surface area contributed by atoms with Crippen molar-refractivity contribution in [3.8, 4) is 0 Å². The lowest BCUT2D eigenvalue weighted by Crippen LogP contribution is -2.11. The van der Waals surface area contributed by atoms with Gasteiger partial charge in [0, 0.05) is 20.3 Å². The maximum absolute atomic E-state index is 4.23. The smallest absolute Gasteiger partial charge is 0.0242 e. The molecule has 0 saturated carbocycles. The fourth-order valence-corrected chi connectivity index (χ4v) is 1.48. The lowest BCUT2D eigenvalue weighted by atomic mass is 10.1. The molecular formula is C10H11N2-. The number of fused-ring (bicyclic) bond motifs is 1. The van der Waals surface area contributed by atoms with E-state index in [4.69, 9.17) is 0 Å². The van der Waals surface area contributed by atoms with E-state index in [-0.39, 0.29) is 0 Å². The van der Waals surface area contributed by atoms with Crippen LogP contribution >= 0.6 is 0 Å². The Labute approximate surface area is 72.5 Å². The standard InChI is InChI=1S/C10H11N2/c1-12(2)10-6-7-11-9-5-3-4-8(9)10/h3,6-7H,4H2,1-2H3/q-1. The average Bonchev–Trinajstić information content (AvgIpc) is 2.49. The molecule has 12 heavy (non-hydrogen) atoms. The third-order valence-corrected chi connectivity index (χ3v) is 2.06. The van der Waals surface area contributed by atoms with Crippen molar-refractivity contribution < 1.29 is 0 Å². The number of hydrogen-bond acceptors (Lipinski definition) is 2. The molecular weight excluding hydrogens is 148 g/mol. The second-order valence-corrected chi connectivity index (χ2v) is 3.10. The highest BCUT2D eigenvalue weighted by Gasteiger charge is 2.01. The Bertz CT molecular complexity index is 327. The summed E-state index contributed by atoms with van der Waals surface area (Å²) in [6, 6.07) is 2.04. The highest BCUT2D eigenvalue weighted by Crippen LogP contribution is 2.25. The Morgan fingerprint density at radius 1 is 1.50 bits per heavy atom. The average molecular weight is 159 g/mol. The van der Waals surface area contributed by atoms with E-state index in [1.807, 2.05) is 32.4 Å². The minimum absolute atomic E-state index is 0.969. The van der Waals surface area contributed by atoms with Crippen LogP contribution in [0.2, 0.25) is 0 Å². The van der Waals surface area contributed by atoms with Crippen LogP contribution in [0.1, 0.15) is 11.3 Å². The van der Waals surface area contributed by atoms with Crippen molar-refractivity contribution in [2.24, 2.45) is 0 Å². The van der Waals surface area contributed by atoms with E-state index in [2.05, 4.69) is 16.0 Å². The summed E-state index contributed by atoms with van der Waals surface area (Å²) in [4.78, 5) is 6.35. The summed E-state index contributed by atoms with van der Waals surface area (Å²) in [7, 11) is 4.10. The number of rotatable bonds is 1. The van der Waals surface area contributed by atoms with Crippen LogP contribution in [0.5, 0.6) is 0 Å². The molecule has 0 radical (unpaired) electrons. The number of allylic oxidation sites excluding steroid dienone is 1. The predicted octanol–water partition coefficient (Wildman–Crippen LogP) is 1.41. The van der Waals surface area contributed by atoms with Crippen LogP contribution in [0.4, 0.5) is 5.69 Å². The minimum Gasteiger partial charge on any atom is -0.393 e. The Morgan fingerprint density at radius 2 is 2.33 bits per heavy atom. The van der Waals surface area contributed by atoms with Crippen molar-refractivity contribution in [3.63, 3.8) is 0 Å². The normalized spacial score (nSPS) is 13.2. The van der Waals surface area contributed by atoms with Gasteiger partial charge in [0.25, 0.3) is 0 Å². The van der Waals surface area contributed by atoms with Gasteiger partial charge in [-0.15, -0.1) is 11.3 Å². The Morgan fingerprint density at radius 3 is 3.08 bits per heavy atom. The first-order chi connectivity index (χ1) is 5.79. The Hall–Kier alpha value is -1.31. The van der Waals surface area contributed by atoms with Gasteiger partial charge >= 0.3 is 0 Å². The summed E-state index contributed by atoms with van der Waals surface area (Å²) in [6.45, 7) is 0. The molecule has 0 aromatic carbocycles. The molecule has 2 nitrogen and oxygen atoms in total. The van der Waals surface area contributed by atoms with E-state index in [9.17, 15) is 0 Å². The predicted molar refractivity (Wildman–Crippen MR) is 49.2 cm³/mol. The maximum atomic E-state index is 4.23. The maximum Gasteiger partial charge on any atom is 0.0242 e. The summed E-state index contributed by atoms with van der Waals surface area (Å²) in [5.41, 5.74) is 3.55. The molecule has 0 spiro atoms. The Kier molecular flexibility index (Phi) is 1.61. The van der Waals surface area contributed by atoms with E-state index in [1.165, 1.54) is 11.3 Å². The minimum atomic E-state index is 0.969. The van der Waals surface area contributed by atoms with Crippen molar-refractivity contribution in [2.75, 3.05) is 19.0 Å². The largest absolute Gasteiger partial charge is 0.393 e. The van der Waals surface area contributed by atoms with Gasteiger partial charge in [0.1, 0.15) is 0 Å². The molecule has 1 aliphatic rings. The van der Waals surface area contributed by atoms with Crippen molar-refractivity contribution in [2.45, 2.75) is 6.42 Å². The van der Waals surface area contributed by atoms with E-state index < -0.39 is 0 Å². The highest BCUT2D eigenvalue weighted by atomic mass is 15.1. The van der Waals surface area contributed by atoms with Gasteiger partial charge in [-0.3, -0.25) is 4.98 Å². The van der Waals surface area contributed by atoms with Crippen molar-refractivity contribution in [3.05, 3.63) is 35.7 Å². The fraction of sp³-hybridized carbons (Fsp3) is 0.300. The molecule has 0 fully saturated rings. The van der Waals surface area contributed by atoms with Gasteiger partial charge in [0.2, 0.25) is 0 Å². The van der Waals surface area contributed by atoms with Gasteiger partial charge in [0.05, 0.1) is 0 Å². The molecule has 2 heteroatoms. The number of pyridine rings is 1. The Balaban J connectivity index is 2.53. The van der Waals surface area contributed by atoms with Crippen LogP contribution in [0.25, 0.3) is 0 Å². The van der Waals surface area contributed by atoms with Gasteiger partial charge in [-0.25, -0.2) is 6.08 Å². The molecule has 0 bridgehead atoms. The van der Waals surface area contributed by atoms with E-state index >= 15 is 0 Å². The zero-order chi connectivity index (χ0) is 8.55. The topological polar surface area (TPSA) is 16.1 Å². The van der Waals surface area contributed by atoms with Crippen molar-refractivity contribution in [1.82, 2.24) is 4.98 Å². The fourth-order valence-electron chi connectivity index (χ4n) is 1.48. The van der Waals surface area contributed by atoms with E-state index in [0.717, 1.165) is 12.1 Å². The monoisotopic (exact) mass is 159 g/mol. The molecule has 0 saturated heterocycles. The first kappa shape index (κ1) is 7.35. The summed E-state index contributed by atoms with van der Waals surface area (Å²) in [6.07, 6.45) is 7.97. The third kappa shape index (κ3) is 0.998. The molecule has 0 amide bonds. The summed E-state index contributed by atoms with van der Waals surface area (Å²) in [5.74, 6) is 0. The molecule has 0 unspecified atom stereocenters. The number of anilines is 1. The molecule has 0 aliphatic heterocycles. The van der Waals surface area contributed by atoms with Crippen molar-refractivity contribution >= 4 is 5.69 Å². The molecule has 62 valence electrons. The van der Waals surface area contributed by atoms with Crippen LogP contribution in [0.3, 0.4) is 0 Å². The first-order valence-electron chi connectivity index (χ1n) is 4.02. The molecule has 1 heterocycles. The van der Waals surface area contributed by atoms with Gasteiger partial charge in [-0.2, -0.15) is 6.08 Å². The SMILES string of the molecule is CN(C)c1ccnc2c1CC=[C-]2. The first-order valence-corrected chi connectivity index (χ1v) is 4.02. The van der Waals surface area contributed by atoms with Crippen LogP contribution in [0, 0.1) is 6.08 Å². The van der Waals surface area contributed by atoms with Crippen LogP contribution in [-0.2, 0) is 6.42 Å². The van der Waals surface area contributed by atoms with Gasteiger partial charge < -0.3 is 4.90 Å². The summed E-state index contributed by atoms with van der Waals surface area (Å²) < 4.78 is 0. The number of aromatic nitrogens is 1. The van der Waals surface area contributed by atoms with Crippen LogP contribution in [-0.4, -0.2) is 19.1 Å². The second kappa shape index (κ2) is 2.63. The second-order valence-electron chi connectivity index (χ2n) is 3.10. The highest BCUT2D eigenvalue weighted by molar-refractivity contribution is 5.57. The number of nitrogens with zero attached hydrogens (tertiary/aromatic N) is 2. The molecule has 2 rings (SSSR count).